The van der Waals surface area contributed by atoms with Gasteiger partial charge >= 0.3 is 0 Å². The van der Waals surface area contributed by atoms with Gasteiger partial charge in [0.2, 0.25) is 0 Å². The fraction of sp³-hybridized carbons (Fsp3) is 0.0500. The Kier molecular flexibility index (Phi) is 5.59. The number of carbonyl (C=O) groups excluding carboxylic acids is 1. The van der Waals surface area contributed by atoms with Crippen molar-refractivity contribution in [2.24, 2.45) is 0 Å². The number of hydrogen-bond acceptors (Lipinski definition) is 2. The minimum Gasteiger partial charge on any atom is -0.489 e. The zero-order valence-corrected chi connectivity index (χ0v) is 14.7. The molecule has 0 fully saturated rings. The van der Waals surface area contributed by atoms with Gasteiger partial charge in [0, 0.05) is 11.1 Å². The lowest BCUT2D eigenvalue weighted by atomic mass is 10.1. The number of ether oxygens (including phenoxy) is 1. The second kappa shape index (κ2) is 8.06. The average Bonchev–Trinajstić information content (AvgIpc) is 2.65. The van der Waals surface area contributed by atoms with Gasteiger partial charge in [-0.1, -0.05) is 65.7 Å². The van der Waals surface area contributed by atoms with Gasteiger partial charge in [0.15, 0.2) is 0 Å². The van der Waals surface area contributed by atoms with Crippen molar-refractivity contribution in [2.45, 2.75) is 6.61 Å². The molecule has 0 atom stereocenters. The molecule has 1 amide bonds. The van der Waals surface area contributed by atoms with Crippen LogP contribution in [0.25, 0.3) is 0 Å². The molecule has 0 unspecified atom stereocenters. The molecule has 0 saturated heterocycles. The van der Waals surface area contributed by atoms with E-state index in [-0.39, 0.29) is 12.5 Å². The van der Waals surface area contributed by atoms with Crippen LogP contribution in [0.2, 0.25) is 10.0 Å². The zero-order chi connectivity index (χ0) is 17.6. The third-order valence-corrected chi connectivity index (χ3v) is 4.42. The average molecular weight is 372 g/mol. The van der Waals surface area contributed by atoms with E-state index in [2.05, 4.69) is 5.32 Å². The summed E-state index contributed by atoms with van der Waals surface area (Å²) in [6.07, 6.45) is 0. The fourth-order valence-electron chi connectivity index (χ4n) is 2.34. The molecule has 3 aromatic carbocycles. The van der Waals surface area contributed by atoms with Gasteiger partial charge < -0.3 is 10.1 Å². The molecule has 0 aliphatic carbocycles. The van der Waals surface area contributed by atoms with E-state index in [4.69, 9.17) is 27.9 Å². The lowest BCUT2D eigenvalue weighted by Gasteiger charge is -2.12. The molecule has 0 bridgehead atoms. The molecule has 0 heterocycles. The first-order chi connectivity index (χ1) is 12.1. The highest BCUT2D eigenvalue weighted by Gasteiger charge is 2.14. The molecule has 0 aromatic heterocycles. The highest BCUT2D eigenvalue weighted by Crippen LogP contribution is 2.30. The van der Waals surface area contributed by atoms with Crippen molar-refractivity contribution in [3.05, 3.63) is 94.0 Å². The van der Waals surface area contributed by atoms with E-state index in [1.165, 1.54) is 0 Å². The second-order valence-corrected chi connectivity index (χ2v) is 6.10. The van der Waals surface area contributed by atoms with Crippen molar-refractivity contribution in [3.63, 3.8) is 0 Å². The van der Waals surface area contributed by atoms with Crippen LogP contribution in [0.5, 0.6) is 5.75 Å². The molecule has 1 N–H and O–H groups in total. The number of halogens is 2. The number of para-hydroxylation sites is 1. The van der Waals surface area contributed by atoms with Crippen LogP contribution < -0.4 is 10.1 Å². The molecule has 5 heteroatoms. The Morgan fingerprint density at radius 1 is 0.880 bits per heavy atom. The summed E-state index contributed by atoms with van der Waals surface area (Å²) >= 11 is 12.1. The third-order valence-electron chi connectivity index (χ3n) is 3.60. The van der Waals surface area contributed by atoms with Crippen LogP contribution in [-0.4, -0.2) is 5.91 Å². The van der Waals surface area contributed by atoms with Crippen LogP contribution >= 0.6 is 23.2 Å². The lowest BCUT2D eigenvalue weighted by Crippen LogP contribution is -2.15. The van der Waals surface area contributed by atoms with E-state index in [0.717, 1.165) is 11.3 Å². The summed E-state index contributed by atoms with van der Waals surface area (Å²) < 4.78 is 5.75. The highest BCUT2D eigenvalue weighted by atomic mass is 35.5. The minimum atomic E-state index is -0.267. The summed E-state index contributed by atoms with van der Waals surface area (Å²) in [4.78, 5) is 12.6. The Bertz CT molecular complexity index is 882. The molecule has 3 aromatic rings. The van der Waals surface area contributed by atoms with E-state index in [1.54, 1.807) is 30.3 Å². The maximum absolute atomic E-state index is 12.6. The Morgan fingerprint density at radius 2 is 1.60 bits per heavy atom. The normalized spacial score (nSPS) is 10.3. The molecule has 0 saturated carbocycles. The lowest BCUT2D eigenvalue weighted by molar-refractivity contribution is 0.102. The van der Waals surface area contributed by atoms with Crippen LogP contribution in [0.3, 0.4) is 0 Å². The molecule has 3 nitrogen and oxygen atoms in total. The van der Waals surface area contributed by atoms with Gasteiger partial charge in [-0.25, -0.2) is 0 Å². The molecular weight excluding hydrogens is 357 g/mol. The van der Waals surface area contributed by atoms with E-state index >= 15 is 0 Å². The molecular formula is C20H15Cl2NO2. The quantitative estimate of drug-likeness (QED) is 0.612. The summed E-state index contributed by atoms with van der Waals surface area (Å²) in [5.41, 5.74) is 1.77. The standard InChI is InChI=1S/C20H15Cl2NO2/c21-17-11-6-12-18(19(17)22)23-20(24)16-10-5-4-7-14(16)13-25-15-8-2-1-3-9-15/h1-12H,13H2,(H,23,24). The Labute approximate surface area is 156 Å². The molecule has 25 heavy (non-hydrogen) atoms. The summed E-state index contributed by atoms with van der Waals surface area (Å²) in [6, 6.07) is 21.8. The first-order valence-electron chi connectivity index (χ1n) is 7.66. The molecule has 126 valence electrons. The van der Waals surface area contributed by atoms with E-state index < -0.39 is 0 Å². The molecule has 0 aliphatic heterocycles. The van der Waals surface area contributed by atoms with Crippen LogP contribution in [-0.2, 0) is 6.61 Å². The summed E-state index contributed by atoms with van der Waals surface area (Å²) in [7, 11) is 0. The van der Waals surface area contributed by atoms with Gasteiger partial charge in [-0.15, -0.1) is 0 Å². The number of amides is 1. The smallest absolute Gasteiger partial charge is 0.256 e. The van der Waals surface area contributed by atoms with Crippen molar-refractivity contribution in [3.8, 4) is 5.75 Å². The monoisotopic (exact) mass is 371 g/mol. The van der Waals surface area contributed by atoms with Gasteiger partial charge in [0.25, 0.3) is 5.91 Å². The molecule has 0 aliphatic rings. The van der Waals surface area contributed by atoms with Crippen molar-refractivity contribution in [1.29, 1.82) is 0 Å². The summed E-state index contributed by atoms with van der Waals surface area (Å²) in [5, 5.41) is 3.50. The van der Waals surface area contributed by atoms with Gasteiger partial charge in [-0.05, 0) is 30.3 Å². The number of hydrogen-bond donors (Lipinski definition) is 1. The molecule has 0 radical (unpaired) electrons. The first kappa shape index (κ1) is 17.3. The zero-order valence-electron chi connectivity index (χ0n) is 13.2. The van der Waals surface area contributed by atoms with Gasteiger partial charge in [0.05, 0.1) is 15.7 Å². The minimum absolute atomic E-state index is 0.267. The van der Waals surface area contributed by atoms with Crippen LogP contribution in [0.4, 0.5) is 5.69 Å². The fourth-order valence-corrected chi connectivity index (χ4v) is 2.68. The van der Waals surface area contributed by atoms with Crippen LogP contribution in [0, 0.1) is 0 Å². The summed E-state index contributed by atoms with van der Waals surface area (Å²) in [5.74, 6) is 0.479. The SMILES string of the molecule is O=C(Nc1cccc(Cl)c1Cl)c1ccccc1COc1ccccc1. The predicted octanol–water partition coefficient (Wildman–Crippen LogP) is 5.82. The van der Waals surface area contributed by atoms with Crippen molar-refractivity contribution >= 4 is 34.8 Å². The highest BCUT2D eigenvalue weighted by molar-refractivity contribution is 6.44. The number of rotatable bonds is 5. The summed E-state index contributed by atoms with van der Waals surface area (Å²) in [6.45, 7) is 0.289. The van der Waals surface area contributed by atoms with Crippen LogP contribution in [0.15, 0.2) is 72.8 Å². The van der Waals surface area contributed by atoms with E-state index in [1.807, 2.05) is 42.5 Å². The Hall–Kier alpha value is -2.49. The maximum atomic E-state index is 12.6. The van der Waals surface area contributed by atoms with Crippen molar-refractivity contribution in [2.75, 3.05) is 5.32 Å². The maximum Gasteiger partial charge on any atom is 0.256 e. The number of benzene rings is 3. The Balaban J connectivity index is 1.78. The van der Waals surface area contributed by atoms with Gasteiger partial charge in [-0.2, -0.15) is 0 Å². The second-order valence-electron chi connectivity index (χ2n) is 5.31. The third kappa shape index (κ3) is 4.32. The molecule has 3 rings (SSSR count). The van der Waals surface area contributed by atoms with Crippen LogP contribution in [0.1, 0.15) is 15.9 Å². The molecule has 0 spiro atoms. The first-order valence-corrected chi connectivity index (χ1v) is 8.42. The Morgan fingerprint density at radius 3 is 2.40 bits per heavy atom. The number of carbonyl (C=O) groups is 1. The van der Waals surface area contributed by atoms with Gasteiger partial charge in [0.1, 0.15) is 12.4 Å². The van der Waals surface area contributed by atoms with E-state index in [0.29, 0.717) is 21.3 Å². The predicted molar refractivity (Wildman–Crippen MR) is 102 cm³/mol. The number of nitrogens with one attached hydrogen (secondary N) is 1. The largest absolute Gasteiger partial charge is 0.489 e. The topological polar surface area (TPSA) is 38.3 Å². The van der Waals surface area contributed by atoms with Crippen molar-refractivity contribution in [1.82, 2.24) is 0 Å². The van der Waals surface area contributed by atoms with Crippen molar-refractivity contribution < 1.29 is 9.53 Å². The van der Waals surface area contributed by atoms with Gasteiger partial charge in [-0.3, -0.25) is 4.79 Å². The number of anilines is 1. The van der Waals surface area contributed by atoms with E-state index in [9.17, 15) is 4.79 Å².